The average Bonchev–Trinajstić information content (AvgIpc) is 2.38. The Morgan fingerprint density at radius 3 is 2.88 bits per heavy atom. The summed E-state index contributed by atoms with van der Waals surface area (Å²) in [5.41, 5.74) is 3.03. The average molecular weight is 228 g/mol. The molecule has 0 saturated heterocycles. The van der Waals surface area contributed by atoms with Gasteiger partial charge in [-0.1, -0.05) is 11.6 Å². The Hall–Kier alpha value is -1.95. The Kier molecular flexibility index (Phi) is 3.34. The fraction of sp³-hybridized carbons (Fsp3) is 0.357. The molecule has 2 rings (SSSR count). The molecule has 17 heavy (non-hydrogen) atoms. The monoisotopic (exact) mass is 228 g/mol. The Bertz CT molecular complexity index is 485. The summed E-state index contributed by atoms with van der Waals surface area (Å²) in [7, 11) is 1.65. The van der Waals surface area contributed by atoms with E-state index in [2.05, 4.69) is 24.0 Å². The van der Waals surface area contributed by atoms with Crippen molar-refractivity contribution in [1.82, 2.24) is 0 Å². The summed E-state index contributed by atoms with van der Waals surface area (Å²) >= 11 is 0. The van der Waals surface area contributed by atoms with Crippen LogP contribution < -0.4 is 9.64 Å². The summed E-state index contributed by atoms with van der Waals surface area (Å²) in [6.45, 7) is 3.97. The van der Waals surface area contributed by atoms with Crippen LogP contribution in [0.15, 0.2) is 29.8 Å². The van der Waals surface area contributed by atoms with Crippen LogP contribution in [0.25, 0.3) is 0 Å². The van der Waals surface area contributed by atoms with Crippen LogP contribution >= 0.6 is 0 Å². The summed E-state index contributed by atoms with van der Waals surface area (Å²) in [6.07, 6.45) is 3.29. The molecule has 0 bridgehead atoms. The van der Waals surface area contributed by atoms with Gasteiger partial charge in [-0.3, -0.25) is 0 Å². The normalized spacial score (nSPS) is 15.1. The largest absolute Gasteiger partial charge is 0.497 e. The molecule has 1 aliphatic rings. The lowest BCUT2D eigenvalue weighted by molar-refractivity contribution is 0.414. The highest BCUT2D eigenvalue weighted by Crippen LogP contribution is 2.27. The molecule has 0 aliphatic carbocycles. The fourth-order valence-electron chi connectivity index (χ4n) is 2.11. The Balaban J connectivity index is 2.36. The zero-order valence-electron chi connectivity index (χ0n) is 10.2. The van der Waals surface area contributed by atoms with E-state index in [4.69, 9.17) is 10.00 Å². The van der Waals surface area contributed by atoms with Gasteiger partial charge in [0.25, 0.3) is 0 Å². The van der Waals surface area contributed by atoms with Crippen LogP contribution in [0.4, 0.5) is 5.69 Å². The molecule has 0 saturated carbocycles. The van der Waals surface area contributed by atoms with Crippen LogP contribution in [0, 0.1) is 11.3 Å². The standard InChI is InChI=1S/C14H16N2O/c1-11-4-3-7-16(10-11)14-8-13(17-2)6-5-12(14)9-15/h4-6,8H,3,7,10H2,1-2H3. The van der Waals surface area contributed by atoms with Gasteiger partial charge in [-0.05, 0) is 25.5 Å². The van der Waals surface area contributed by atoms with Crippen molar-refractivity contribution in [1.29, 1.82) is 5.26 Å². The third-order valence-corrected chi connectivity index (χ3v) is 3.00. The van der Waals surface area contributed by atoms with Crippen molar-refractivity contribution in [2.45, 2.75) is 13.3 Å². The molecule has 1 aromatic rings. The maximum absolute atomic E-state index is 9.15. The molecule has 0 N–H and O–H groups in total. The topological polar surface area (TPSA) is 36.3 Å². The Morgan fingerprint density at radius 1 is 1.41 bits per heavy atom. The molecule has 0 radical (unpaired) electrons. The molecule has 0 unspecified atom stereocenters. The van der Waals surface area contributed by atoms with Gasteiger partial charge in [-0.15, -0.1) is 0 Å². The van der Waals surface area contributed by atoms with Crippen molar-refractivity contribution in [3.05, 3.63) is 35.4 Å². The lowest BCUT2D eigenvalue weighted by atomic mass is 10.1. The number of benzene rings is 1. The van der Waals surface area contributed by atoms with Gasteiger partial charge >= 0.3 is 0 Å². The van der Waals surface area contributed by atoms with Crippen LogP contribution in [0.3, 0.4) is 0 Å². The van der Waals surface area contributed by atoms with Gasteiger partial charge in [-0.2, -0.15) is 5.26 Å². The molecule has 1 aliphatic heterocycles. The molecular formula is C14H16N2O. The third kappa shape index (κ3) is 2.42. The van der Waals surface area contributed by atoms with E-state index in [0.29, 0.717) is 5.56 Å². The molecule has 3 nitrogen and oxygen atoms in total. The quantitative estimate of drug-likeness (QED) is 0.730. The summed E-state index contributed by atoms with van der Waals surface area (Å²) in [5, 5.41) is 9.15. The van der Waals surface area contributed by atoms with E-state index in [1.807, 2.05) is 18.2 Å². The number of anilines is 1. The van der Waals surface area contributed by atoms with Crippen molar-refractivity contribution in [3.8, 4) is 11.8 Å². The van der Waals surface area contributed by atoms with Gasteiger partial charge in [0.15, 0.2) is 0 Å². The van der Waals surface area contributed by atoms with E-state index in [9.17, 15) is 0 Å². The van der Waals surface area contributed by atoms with E-state index in [0.717, 1.165) is 30.9 Å². The summed E-state index contributed by atoms with van der Waals surface area (Å²) < 4.78 is 5.22. The number of nitriles is 1. The first kappa shape index (κ1) is 11.5. The molecule has 0 aromatic heterocycles. The van der Waals surface area contributed by atoms with Crippen molar-refractivity contribution < 1.29 is 4.74 Å². The zero-order valence-corrected chi connectivity index (χ0v) is 10.2. The number of ether oxygens (including phenoxy) is 1. The summed E-state index contributed by atoms with van der Waals surface area (Å²) in [4.78, 5) is 2.23. The highest BCUT2D eigenvalue weighted by molar-refractivity contribution is 5.63. The SMILES string of the molecule is COc1ccc(C#N)c(N2CCC=C(C)C2)c1. The minimum Gasteiger partial charge on any atom is -0.497 e. The smallest absolute Gasteiger partial charge is 0.121 e. The van der Waals surface area contributed by atoms with E-state index in [1.54, 1.807) is 7.11 Å². The molecular weight excluding hydrogens is 212 g/mol. The second-order valence-corrected chi connectivity index (χ2v) is 4.26. The highest BCUT2D eigenvalue weighted by atomic mass is 16.5. The van der Waals surface area contributed by atoms with Crippen molar-refractivity contribution in [3.63, 3.8) is 0 Å². The van der Waals surface area contributed by atoms with Crippen molar-refractivity contribution in [2.24, 2.45) is 0 Å². The van der Waals surface area contributed by atoms with E-state index < -0.39 is 0 Å². The van der Waals surface area contributed by atoms with Gasteiger partial charge < -0.3 is 9.64 Å². The second-order valence-electron chi connectivity index (χ2n) is 4.26. The Labute approximate surface area is 102 Å². The van der Waals surface area contributed by atoms with E-state index in [-0.39, 0.29) is 0 Å². The molecule has 1 heterocycles. The van der Waals surface area contributed by atoms with Crippen molar-refractivity contribution >= 4 is 5.69 Å². The van der Waals surface area contributed by atoms with Crippen LogP contribution in [0.5, 0.6) is 5.75 Å². The maximum Gasteiger partial charge on any atom is 0.121 e. The molecule has 0 fully saturated rings. The van der Waals surface area contributed by atoms with Crippen LogP contribution in [-0.4, -0.2) is 20.2 Å². The van der Waals surface area contributed by atoms with Crippen LogP contribution in [0.1, 0.15) is 18.9 Å². The molecule has 1 aromatic carbocycles. The second kappa shape index (κ2) is 4.92. The van der Waals surface area contributed by atoms with E-state index >= 15 is 0 Å². The predicted molar refractivity (Wildman–Crippen MR) is 68.3 cm³/mol. The zero-order chi connectivity index (χ0) is 12.3. The lowest BCUT2D eigenvalue weighted by Gasteiger charge is -2.29. The number of hydrogen-bond acceptors (Lipinski definition) is 3. The summed E-state index contributed by atoms with van der Waals surface area (Å²) in [5.74, 6) is 0.797. The van der Waals surface area contributed by atoms with Gasteiger partial charge in [0.2, 0.25) is 0 Å². The van der Waals surface area contributed by atoms with Gasteiger partial charge in [0.1, 0.15) is 11.8 Å². The number of methoxy groups -OCH3 is 1. The minimum atomic E-state index is 0.709. The molecule has 0 amide bonds. The minimum absolute atomic E-state index is 0.709. The van der Waals surface area contributed by atoms with Gasteiger partial charge in [0, 0.05) is 19.2 Å². The molecule has 88 valence electrons. The van der Waals surface area contributed by atoms with Crippen LogP contribution in [-0.2, 0) is 0 Å². The highest BCUT2D eigenvalue weighted by Gasteiger charge is 2.15. The van der Waals surface area contributed by atoms with Gasteiger partial charge in [-0.25, -0.2) is 0 Å². The Morgan fingerprint density at radius 2 is 2.24 bits per heavy atom. The fourth-order valence-corrected chi connectivity index (χ4v) is 2.11. The van der Waals surface area contributed by atoms with Crippen LogP contribution in [0.2, 0.25) is 0 Å². The van der Waals surface area contributed by atoms with Gasteiger partial charge in [0.05, 0.1) is 18.4 Å². The number of hydrogen-bond donors (Lipinski definition) is 0. The molecule has 0 spiro atoms. The molecule has 0 atom stereocenters. The van der Waals surface area contributed by atoms with E-state index in [1.165, 1.54) is 5.57 Å². The number of rotatable bonds is 2. The predicted octanol–water partition coefficient (Wildman–Crippen LogP) is 2.72. The first-order valence-corrected chi connectivity index (χ1v) is 5.73. The first-order valence-electron chi connectivity index (χ1n) is 5.73. The number of nitrogens with zero attached hydrogens (tertiary/aromatic N) is 2. The maximum atomic E-state index is 9.15. The lowest BCUT2D eigenvalue weighted by Crippen LogP contribution is -2.29. The molecule has 3 heteroatoms. The first-order chi connectivity index (χ1) is 8.24. The summed E-state index contributed by atoms with van der Waals surface area (Å²) in [6, 6.07) is 7.83. The van der Waals surface area contributed by atoms with Crippen molar-refractivity contribution in [2.75, 3.05) is 25.1 Å². The third-order valence-electron chi connectivity index (χ3n) is 3.00.